The SMILES string of the molecule is CCC1COc2ccccc2CN1C(=O)O. The van der Waals surface area contributed by atoms with E-state index in [0.29, 0.717) is 13.2 Å². The predicted octanol–water partition coefficient (Wildman–Crippen LogP) is 2.34. The fraction of sp³-hybridized carbons (Fsp3) is 0.417. The van der Waals surface area contributed by atoms with Gasteiger partial charge in [-0.1, -0.05) is 25.1 Å². The summed E-state index contributed by atoms with van der Waals surface area (Å²) in [5, 5.41) is 9.16. The van der Waals surface area contributed by atoms with E-state index in [2.05, 4.69) is 0 Å². The Hall–Kier alpha value is -1.71. The Morgan fingerprint density at radius 2 is 2.31 bits per heavy atom. The third-order valence-electron chi connectivity index (χ3n) is 2.90. The number of carboxylic acid groups (broad SMARTS) is 1. The number of para-hydroxylation sites is 1. The van der Waals surface area contributed by atoms with Crippen LogP contribution in [-0.2, 0) is 6.54 Å². The van der Waals surface area contributed by atoms with Crippen molar-refractivity contribution >= 4 is 6.09 Å². The van der Waals surface area contributed by atoms with Crippen molar-refractivity contribution in [1.29, 1.82) is 0 Å². The minimum Gasteiger partial charge on any atom is -0.491 e. The lowest BCUT2D eigenvalue weighted by atomic mass is 10.1. The molecular weight excluding hydrogens is 206 g/mol. The van der Waals surface area contributed by atoms with Crippen LogP contribution in [-0.4, -0.2) is 28.7 Å². The summed E-state index contributed by atoms with van der Waals surface area (Å²) in [4.78, 5) is 12.6. The number of benzene rings is 1. The maximum atomic E-state index is 11.2. The van der Waals surface area contributed by atoms with Crippen LogP contribution in [0, 0.1) is 0 Å². The molecule has 1 amide bonds. The monoisotopic (exact) mass is 221 g/mol. The maximum absolute atomic E-state index is 11.2. The van der Waals surface area contributed by atoms with E-state index < -0.39 is 6.09 Å². The van der Waals surface area contributed by atoms with Gasteiger partial charge in [-0.05, 0) is 12.5 Å². The van der Waals surface area contributed by atoms with E-state index >= 15 is 0 Å². The highest BCUT2D eigenvalue weighted by Gasteiger charge is 2.26. The molecular formula is C12H15NO3. The summed E-state index contributed by atoms with van der Waals surface area (Å²) in [5.41, 5.74) is 0.931. The van der Waals surface area contributed by atoms with E-state index in [9.17, 15) is 4.79 Å². The molecule has 1 aromatic rings. The number of rotatable bonds is 1. The molecule has 86 valence electrons. The van der Waals surface area contributed by atoms with Crippen molar-refractivity contribution in [1.82, 2.24) is 4.90 Å². The van der Waals surface area contributed by atoms with Gasteiger partial charge in [0.1, 0.15) is 12.4 Å². The zero-order chi connectivity index (χ0) is 11.5. The first-order valence-corrected chi connectivity index (χ1v) is 5.42. The molecule has 0 bridgehead atoms. The highest BCUT2D eigenvalue weighted by atomic mass is 16.5. The van der Waals surface area contributed by atoms with Gasteiger partial charge < -0.3 is 9.84 Å². The standard InChI is InChI=1S/C12H15NO3/c1-2-10-8-16-11-6-4-3-5-9(11)7-13(10)12(14)15/h3-6,10H,2,7-8H2,1H3,(H,14,15). The Kier molecular flexibility index (Phi) is 2.99. The number of ether oxygens (including phenoxy) is 1. The summed E-state index contributed by atoms with van der Waals surface area (Å²) in [7, 11) is 0. The van der Waals surface area contributed by atoms with E-state index in [1.54, 1.807) is 0 Å². The second-order valence-electron chi connectivity index (χ2n) is 3.89. The molecule has 1 aliphatic rings. The highest BCUT2D eigenvalue weighted by Crippen LogP contribution is 2.25. The van der Waals surface area contributed by atoms with E-state index in [4.69, 9.17) is 9.84 Å². The van der Waals surface area contributed by atoms with Crippen LogP contribution in [0.2, 0.25) is 0 Å². The fourth-order valence-corrected chi connectivity index (χ4v) is 1.93. The number of carbonyl (C=O) groups is 1. The summed E-state index contributed by atoms with van der Waals surface area (Å²) < 4.78 is 5.63. The van der Waals surface area contributed by atoms with Gasteiger partial charge in [0.05, 0.1) is 12.6 Å². The van der Waals surface area contributed by atoms with Crippen molar-refractivity contribution in [3.05, 3.63) is 29.8 Å². The average Bonchev–Trinajstić information content (AvgIpc) is 2.47. The molecule has 0 aromatic heterocycles. The molecule has 1 aliphatic heterocycles. The first-order valence-electron chi connectivity index (χ1n) is 5.42. The number of nitrogens with zero attached hydrogens (tertiary/aromatic N) is 1. The Morgan fingerprint density at radius 1 is 1.56 bits per heavy atom. The van der Waals surface area contributed by atoms with Crippen LogP contribution in [0.3, 0.4) is 0 Å². The summed E-state index contributed by atoms with van der Waals surface area (Å²) in [6.45, 7) is 2.81. The zero-order valence-corrected chi connectivity index (χ0v) is 9.22. The Bertz CT molecular complexity index is 392. The molecule has 1 unspecified atom stereocenters. The summed E-state index contributed by atoms with van der Waals surface area (Å²) in [6.07, 6.45) is -0.118. The van der Waals surface area contributed by atoms with Gasteiger partial charge in [0.25, 0.3) is 0 Å². The van der Waals surface area contributed by atoms with Crippen molar-refractivity contribution in [3.8, 4) is 5.75 Å². The lowest BCUT2D eigenvalue weighted by Gasteiger charge is -2.25. The van der Waals surface area contributed by atoms with Crippen molar-refractivity contribution in [2.75, 3.05) is 6.61 Å². The molecule has 4 nitrogen and oxygen atoms in total. The van der Waals surface area contributed by atoms with Crippen LogP contribution in [0.4, 0.5) is 4.79 Å². The topological polar surface area (TPSA) is 49.8 Å². The van der Waals surface area contributed by atoms with Crippen molar-refractivity contribution in [3.63, 3.8) is 0 Å². The number of fused-ring (bicyclic) bond motifs is 1. The molecule has 1 N–H and O–H groups in total. The van der Waals surface area contributed by atoms with Gasteiger partial charge >= 0.3 is 6.09 Å². The van der Waals surface area contributed by atoms with Crippen LogP contribution in [0.1, 0.15) is 18.9 Å². The second-order valence-corrected chi connectivity index (χ2v) is 3.89. The molecule has 4 heteroatoms. The summed E-state index contributed by atoms with van der Waals surface area (Å²) in [6, 6.07) is 7.52. The van der Waals surface area contributed by atoms with Crippen LogP contribution >= 0.6 is 0 Å². The Morgan fingerprint density at radius 3 is 3.00 bits per heavy atom. The second kappa shape index (κ2) is 4.43. The summed E-state index contributed by atoms with van der Waals surface area (Å²) >= 11 is 0. The lowest BCUT2D eigenvalue weighted by Crippen LogP contribution is -2.40. The Labute approximate surface area is 94.4 Å². The van der Waals surface area contributed by atoms with Gasteiger partial charge in [0.15, 0.2) is 0 Å². The number of hydrogen-bond donors (Lipinski definition) is 1. The van der Waals surface area contributed by atoms with Gasteiger partial charge in [-0.25, -0.2) is 4.79 Å². The molecule has 1 atom stereocenters. The smallest absolute Gasteiger partial charge is 0.407 e. The first kappa shape index (κ1) is 10.8. The molecule has 0 spiro atoms. The molecule has 0 radical (unpaired) electrons. The third-order valence-corrected chi connectivity index (χ3v) is 2.90. The highest BCUT2D eigenvalue weighted by molar-refractivity contribution is 5.66. The van der Waals surface area contributed by atoms with Gasteiger partial charge in [-0.2, -0.15) is 0 Å². The van der Waals surface area contributed by atoms with Crippen molar-refractivity contribution in [2.45, 2.75) is 25.9 Å². The molecule has 0 aliphatic carbocycles. The molecule has 1 aromatic carbocycles. The minimum absolute atomic E-state index is 0.0649. The minimum atomic E-state index is -0.882. The normalized spacial score (nSPS) is 19.6. The largest absolute Gasteiger partial charge is 0.491 e. The van der Waals surface area contributed by atoms with Crippen LogP contribution in [0.5, 0.6) is 5.75 Å². The summed E-state index contributed by atoms with van der Waals surface area (Å²) in [5.74, 6) is 0.796. The van der Waals surface area contributed by atoms with Gasteiger partial charge in [-0.3, -0.25) is 4.90 Å². The molecule has 1 heterocycles. The molecule has 0 fully saturated rings. The van der Waals surface area contributed by atoms with Crippen molar-refractivity contribution < 1.29 is 14.6 Å². The maximum Gasteiger partial charge on any atom is 0.407 e. The van der Waals surface area contributed by atoms with Gasteiger partial charge in [-0.15, -0.1) is 0 Å². The zero-order valence-electron chi connectivity index (χ0n) is 9.22. The van der Waals surface area contributed by atoms with Crippen LogP contribution in [0.15, 0.2) is 24.3 Å². The lowest BCUT2D eigenvalue weighted by molar-refractivity contribution is 0.106. The van der Waals surface area contributed by atoms with Crippen molar-refractivity contribution in [2.24, 2.45) is 0 Å². The molecule has 0 saturated heterocycles. The predicted molar refractivity (Wildman–Crippen MR) is 59.6 cm³/mol. The molecule has 0 saturated carbocycles. The van der Waals surface area contributed by atoms with E-state index in [1.165, 1.54) is 4.90 Å². The van der Waals surface area contributed by atoms with Crippen LogP contribution in [0.25, 0.3) is 0 Å². The third kappa shape index (κ3) is 1.96. The molecule has 2 rings (SSSR count). The van der Waals surface area contributed by atoms with Gasteiger partial charge in [0.2, 0.25) is 0 Å². The number of amides is 1. The quantitative estimate of drug-likeness (QED) is 0.791. The Balaban J connectivity index is 2.30. The average molecular weight is 221 g/mol. The fourth-order valence-electron chi connectivity index (χ4n) is 1.93. The molecule has 16 heavy (non-hydrogen) atoms. The van der Waals surface area contributed by atoms with Gasteiger partial charge in [0, 0.05) is 5.56 Å². The van der Waals surface area contributed by atoms with E-state index in [1.807, 2.05) is 31.2 Å². The van der Waals surface area contributed by atoms with Crippen LogP contribution < -0.4 is 4.74 Å². The number of hydrogen-bond acceptors (Lipinski definition) is 2. The first-order chi connectivity index (χ1) is 7.72. The van der Waals surface area contributed by atoms with E-state index in [-0.39, 0.29) is 6.04 Å². The van der Waals surface area contributed by atoms with E-state index in [0.717, 1.165) is 17.7 Å².